The van der Waals surface area contributed by atoms with Crippen LogP contribution in [0.5, 0.6) is 0 Å². The predicted molar refractivity (Wildman–Crippen MR) is 186 cm³/mol. The molecule has 6 heteroatoms. The molecule has 2 aromatic rings. The minimum Gasteiger partial charge on any atom is -0.346 e. The van der Waals surface area contributed by atoms with Crippen LogP contribution in [0.4, 0.5) is 0 Å². The standard InChI is InChI=1S/C38H62N4O2/c1-33-21-13-15-23-35(33)31-39-27-17-9-11-25-37(43)41(3)29-19-7-5-6-8-20-30-42(4)38(44)26-12-10-18-28-40-32-36-24-16-14-22-34(36)2/h13-16,21-24,39-40H,5-12,17-20,25-32H2,1-4H3. The van der Waals surface area contributed by atoms with Crippen molar-refractivity contribution in [1.29, 1.82) is 0 Å². The van der Waals surface area contributed by atoms with Gasteiger partial charge >= 0.3 is 0 Å². The maximum absolute atomic E-state index is 12.4. The summed E-state index contributed by atoms with van der Waals surface area (Å²) in [5.74, 6) is 0.556. The second-order valence-electron chi connectivity index (χ2n) is 12.6. The van der Waals surface area contributed by atoms with Gasteiger partial charge < -0.3 is 20.4 Å². The Kier molecular flexibility index (Phi) is 20.2. The molecule has 0 spiro atoms. The monoisotopic (exact) mass is 606 g/mol. The van der Waals surface area contributed by atoms with Crippen molar-refractivity contribution in [2.45, 2.75) is 117 Å². The van der Waals surface area contributed by atoms with Gasteiger partial charge in [-0.05, 0) is 87.7 Å². The van der Waals surface area contributed by atoms with E-state index in [1.165, 1.54) is 47.9 Å². The number of amides is 2. The Bertz CT molecular complexity index is 973. The molecule has 2 rings (SSSR count). The fraction of sp³-hybridized carbons (Fsp3) is 0.632. The highest BCUT2D eigenvalue weighted by atomic mass is 16.2. The van der Waals surface area contributed by atoms with Gasteiger partial charge in [0.15, 0.2) is 0 Å². The molecule has 44 heavy (non-hydrogen) atoms. The average Bonchev–Trinajstić information content (AvgIpc) is 3.02. The lowest BCUT2D eigenvalue weighted by atomic mass is 10.1. The number of hydrogen-bond acceptors (Lipinski definition) is 4. The molecule has 0 saturated carbocycles. The first kappa shape index (κ1) is 37.5. The average molecular weight is 607 g/mol. The van der Waals surface area contributed by atoms with E-state index in [4.69, 9.17) is 0 Å². The van der Waals surface area contributed by atoms with Crippen LogP contribution in [0.25, 0.3) is 0 Å². The van der Waals surface area contributed by atoms with Gasteiger partial charge in [0.2, 0.25) is 11.8 Å². The predicted octanol–water partition coefficient (Wildman–Crippen LogP) is 7.56. The first-order valence-electron chi connectivity index (χ1n) is 17.4. The molecule has 0 atom stereocenters. The fourth-order valence-corrected chi connectivity index (χ4v) is 5.51. The van der Waals surface area contributed by atoms with Gasteiger partial charge in [-0.1, -0.05) is 87.1 Å². The zero-order valence-electron chi connectivity index (χ0n) is 28.5. The van der Waals surface area contributed by atoms with E-state index in [2.05, 4.69) is 73.0 Å². The number of nitrogens with one attached hydrogen (secondary N) is 2. The van der Waals surface area contributed by atoms with Crippen LogP contribution in [-0.2, 0) is 22.7 Å². The van der Waals surface area contributed by atoms with Crippen molar-refractivity contribution in [2.75, 3.05) is 40.3 Å². The van der Waals surface area contributed by atoms with Crippen LogP contribution in [0.1, 0.15) is 112 Å². The minimum atomic E-state index is 0.278. The van der Waals surface area contributed by atoms with E-state index in [1.54, 1.807) is 0 Å². The van der Waals surface area contributed by atoms with E-state index in [9.17, 15) is 9.59 Å². The fourth-order valence-electron chi connectivity index (χ4n) is 5.51. The maximum atomic E-state index is 12.4. The molecule has 0 aliphatic carbocycles. The van der Waals surface area contributed by atoms with E-state index in [-0.39, 0.29) is 11.8 Å². The highest BCUT2D eigenvalue weighted by molar-refractivity contribution is 5.76. The Morgan fingerprint density at radius 1 is 0.523 bits per heavy atom. The van der Waals surface area contributed by atoms with Gasteiger partial charge in [-0.3, -0.25) is 9.59 Å². The number of rotatable bonds is 25. The van der Waals surface area contributed by atoms with Crippen LogP contribution in [0.3, 0.4) is 0 Å². The second kappa shape index (κ2) is 23.7. The van der Waals surface area contributed by atoms with Crippen LogP contribution in [0.2, 0.25) is 0 Å². The third-order valence-electron chi connectivity index (χ3n) is 8.73. The molecule has 0 bridgehead atoms. The lowest BCUT2D eigenvalue weighted by molar-refractivity contribution is -0.130. The molecule has 6 nitrogen and oxygen atoms in total. The van der Waals surface area contributed by atoms with Crippen molar-refractivity contribution in [3.63, 3.8) is 0 Å². The summed E-state index contributed by atoms with van der Waals surface area (Å²) in [5.41, 5.74) is 5.39. The molecule has 2 N–H and O–H groups in total. The molecular formula is C38H62N4O2. The van der Waals surface area contributed by atoms with Gasteiger partial charge in [-0.15, -0.1) is 0 Å². The van der Waals surface area contributed by atoms with E-state index in [1.807, 2.05) is 23.9 Å². The zero-order chi connectivity index (χ0) is 31.8. The molecule has 2 aromatic carbocycles. The molecular weight excluding hydrogens is 544 g/mol. The summed E-state index contributed by atoms with van der Waals surface area (Å²) in [7, 11) is 3.89. The minimum absolute atomic E-state index is 0.278. The summed E-state index contributed by atoms with van der Waals surface area (Å²) < 4.78 is 0. The molecule has 0 radical (unpaired) electrons. The number of benzene rings is 2. The quantitative estimate of drug-likeness (QED) is 0.115. The Balaban J connectivity index is 1.34. The largest absolute Gasteiger partial charge is 0.346 e. The van der Waals surface area contributed by atoms with Crippen molar-refractivity contribution >= 4 is 11.8 Å². The molecule has 246 valence electrons. The molecule has 2 amide bonds. The van der Waals surface area contributed by atoms with Crippen molar-refractivity contribution in [1.82, 2.24) is 20.4 Å². The van der Waals surface area contributed by atoms with Crippen LogP contribution < -0.4 is 10.6 Å². The highest BCUT2D eigenvalue weighted by Gasteiger charge is 2.09. The van der Waals surface area contributed by atoms with Crippen molar-refractivity contribution < 1.29 is 9.59 Å². The zero-order valence-corrected chi connectivity index (χ0v) is 28.5. The third-order valence-corrected chi connectivity index (χ3v) is 8.73. The molecule has 0 saturated heterocycles. The van der Waals surface area contributed by atoms with Crippen LogP contribution in [0, 0.1) is 13.8 Å². The molecule has 0 fully saturated rings. The number of nitrogens with zero attached hydrogens (tertiary/aromatic N) is 2. The van der Waals surface area contributed by atoms with Gasteiger partial charge in [0.1, 0.15) is 0 Å². The number of aryl methyl sites for hydroxylation is 2. The van der Waals surface area contributed by atoms with E-state index < -0.39 is 0 Å². The Morgan fingerprint density at radius 3 is 1.30 bits per heavy atom. The Morgan fingerprint density at radius 2 is 0.886 bits per heavy atom. The molecule has 0 unspecified atom stereocenters. The van der Waals surface area contributed by atoms with Gasteiger partial charge in [0.25, 0.3) is 0 Å². The van der Waals surface area contributed by atoms with Crippen molar-refractivity contribution in [3.8, 4) is 0 Å². The third kappa shape index (κ3) is 17.0. The highest BCUT2D eigenvalue weighted by Crippen LogP contribution is 2.11. The van der Waals surface area contributed by atoms with Gasteiger partial charge in [-0.25, -0.2) is 0 Å². The lowest BCUT2D eigenvalue weighted by Gasteiger charge is -2.18. The van der Waals surface area contributed by atoms with E-state index in [0.717, 1.165) is 90.6 Å². The summed E-state index contributed by atoms with van der Waals surface area (Å²) >= 11 is 0. The van der Waals surface area contributed by atoms with Crippen LogP contribution in [0.15, 0.2) is 48.5 Å². The topological polar surface area (TPSA) is 64.7 Å². The Labute approximate surface area is 269 Å². The summed E-state index contributed by atoms with van der Waals surface area (Å²) in [6, 6.07) is 17.0. The first-order valence-corrected chi connectivity index (χ1v) is 17.4. The van der Waals surface area contributed by atoms with Gasteiger partial charge in [0, 0.05) is 53.1 Å². The molecule has 0 aromatic heterocycles. The van der Waals surface area contributed by atoms with Gasteiger partial charge in [-0.2, -0.15) is 0 Å². The number of carbonyl (C=O) groups excluding carboxylic acids is 2. The smallest absolute Gasteiger partial charge is 0.222 e. The SMILES string of the molecule is Cc1ccccc1CNCCCCCC(=O)N(C)CCCCCCCCN(C)C(=O)CCCCCNCc1ccccc1C. The normalized spacial score (nSPS) is 11.1. The van der Waals surface area contributed by atoms with Crippen LogP contribution in [-0.4, -0.2) is 61.9 Å². The van der Waals surface area contributed by atoms with E-state index in [0.29, 0.717) is 12.8 Å². The molecule has 0 aliphatic rings. The maximum Gasteiger partial charge on any atom is 0.222 e. The van der Waals surface area contributed by atoms with Gasteiger partial charge in [0.05, 0.1) is 0 Å². The number of unbranched alkanes of at least 4 members (excludes halogenated alkanes) is 9. The summed E-state index contributed by atoms with van der Waals surface area (Å²) in [5, 5.41) is 7.04. The van der Waals surface area contributed by atoms with Crippen LogP contribution >= 0.6 is 0 Å². The van der Waals surface area contributed by atoms with E-state index >= 15 is 0 Å². The summed E-state index contributed by atoms with van der Waals surface area (Å²) in [6.07, 6.45) is 14.5. The summed E-state index contributed by atoms with van der Waals surface area (Å²) in [4.78, 5) is 28.7. The van der Waals surface area contributed by atoms with Crippen molar-refractivity contribution in [3.05, 3.63) is 70.8 Å². The lowest BCUT2D eigenvalue weighted by Crippen LogP contribution is -2.27. The number of carbonyl (C=O) groups is 2. The molecule has 0 aliphatic heterocycles. The Hall–Kier alpha value is -2.70. The first-order chi connectivity index (χ1) is 21.4. The second-order valence-corrected chi connectivity index (χ2v) is 12.6. The number of hydrogen-bond donors (Lipinski definition) is 2. The molecule has 0 heterocycles. The summed E-state index contributed by atoms with van der Waals surface area (Å²) in [6.45, 7) is 9.86. The van der Waals surface area contributed by atoms with Crippen molar-refractivity contribution in [2.24, 2.45) is 0 Å².